The van der Waals surface area contributed by atoms with Gasteiger partial charge in [0.05, 0.1) is 10.6 Å². The first-order valence-electron chi connectivity index (χ1n) is 4.96. The molecule has 0 bridgehead atoms. The van der Waals surface area contributed by atoms with E-state index in [0.717, 1.165) is 4.72 Å². The highest BCUT2D eigenvalue weighted by atomic mass is 32.2. The molecule has 0 fully saturated rings. The maximum absolute atomic E-state index is 13.2. The van der Waals surface area contributed by atoms with E-state index < -0.39 is 49.4 Å². The number of alkyl halides is 3. The number of benzene rings is 1. The van der Waals surface area contributed by atoms with Crippen LogP contribution in [0.4, 0.5) is 23.2 Å². The highest BCUT2D eigenvalue weighted by molar-refractivity contribution is 7.90. The second-order valence-electron chi connectivity index (χ2n) is 3.76. The first-order valence-corrected chi connectivity index (χ1v) is 7.99. The van der Waals surface area contributed by atoms with Crippen LogP contribution in [0.15, 0.2) is 23.1 Å². The van der Waals surface area contributed by atoms with Gasteiger partial charge in [-0.3, -0.25) is 4.72 Å². The summed E-state index contributed by atoms with van der Waals surface area (Å²) >= 11 is 0. The molecule has 0 aliphatic carbocycles. The van der Waals surface area contributed by atoms with Crippen LogP contribution in [0, 0.1) is 5.82 Å². The number of halogens is 4. The van der Waals surface area contributed by atoms with Crippen LogP contribution in [0.2, 0.25) is 0 Å². The maximum Gasteiger partial charge on any atom is 0.402 e. The predicted molar refractivity (Wildman–Crippen MR) is 64.4 cm³/mol. The molecule has 7 nitrogen and oxygen atoms in total. The zero-order valence-corrected chi connectivity index (χ0v) is 11.6. The van der Waals surface area contributed by atoms with E-state index in [-0.39, 0.29) is 0 Å². The molecule has 1 aromatic rings. The van der Waals surface area contributed by atoms with Crippen molar-refractivity contribution in [2.45, 2.75) is 11.1 Å². The molecule has 0 saturated carbocycles. The van der Waals surface area contributed by atoms with E-state index in [9.17, 15) is 34.4 Å². The molecule has 13 heteroatoms. The van der Waals surface area contributed by atoms with Crippen LogP contribution in [-0.2, 0) is 20.2 Å². The third-order valence-corrected chi connectivity index (χ3v) is 3.84. The second kappa shape index (κ2) is 5.75. The Morgan fingerprint density at radius 1 is 1.10 bits per heavy atom. The van der Waals surface area contributed by atoms with Crippen LogP contribution >= 0.6 is 0 Å². The van der Waals surface area contributed by atoms with E-state index in [2.05, 4.69) is 0 Å². The number of primary sulfonamides is 1. The summed E-state index contributed by atoms with van der Waals surface area (Å²) in [6, 6.07) is 1.75. The van der Waals surface area contributed by atoms with Crippen molar-refractivity contribution in [2.24, 2.45) is 5.14 Å². The number of nitrogens with one attached hydrogen (secondary N) is 2. The largest absolute Gasteiger partial charge is 0.402 e. The minimum Gasteiger partial charge on any atom is -0.271 e. The summed E-state index contributed by atoms with van der Waals surface area (Å²) in [5.41, 5.74) is -0.603. The number of nitrogens with two attached hydrogens (primary N) is 1. The van der Waals surface area contributed by atoms with E-state index >= 15 is 0 Å². The summed E-state index contributed by atoms with van der Waals surface area (Å²) in [4.78, 5) is -0.740. The number of rotatable bonds is 5. The Morgan fingerprint density at radius 2 is 1.67 bits per heavy atom. The Labute approximate surface area is 117 Å². The van der Waals surface area contributed by atoms with Crippen molar-refractivity contribution in [3.63, 3.8) is 0 Å². The lowest BCUT2D eigenvalue weighted by molar-refractivity contribution is -0.121. The predicted octanol–water partition coefficient (Wildman–Crippen LogP) is 0.282. The van der Waals surface area contributed by atoms with E-state index in [1.165, 1.54) is 0 Å². The molecule has 0 aliphatic rings. The topological polar surface area (TPSA) is 118 Å². The summed E-state index contributed by atoms with van der Waals surface area (Å²) in [5, 5.41) is 4.74. The quantitative estimate of drug-likeness (QED) is 0.660. The molecular weight excluding hydrogens is 342 g/mol. The van der Waals surface area contributed by atoms with Gasteiger partial charge in [-0.25, -0.2) is 17.9 Å². The van der Waals surface area contributed by atoms with Crippen LogP contribution in [0.3, 0.4) is 0 Å². The van der Waals surface area contributed by atoms with Gasteiger partial charge in [0.15, 0.2) is 0 Å². The molecular formula is C8H9F4N3O4S2. The van der Waals surface area contributed by atoms with E-state index in [4.69, 9.17) is 5.14 Å². The van der Waals surface area contributed by atoms with Gasteiger partial charge < -0.3 is 0 Å². The molecule has 4 N–H and O–H groups in total. The minimum atomic E-state index is -4.79. The molecule has 1 aromatic carbocycles. The van der Waals surface area contributed by atoms with Crippen molar-refractivity contribution in [3.8, 4) is 0 Å². The lowest BCUT2D eigenvalue weighted by Gasteiger charge is -2.11. The summed E-state index contributed by atoms with van der Waals surface area (Å²) < 4.78 is 96.2. The molecule has 0 heterocycles. The van der Waals surface area contributed by atoms with Gasteiger partial charge in [-0.2, -0.15) is 26.3 Å². The average Bonchev–Trinajstić information content (AvgIpc) is 2.23. The number of hydrogen-bond donors (Lipinski definition) is 3. The summed E-state index contributed by atoms with van der Waals surface area (Å²) in [6.45, 7) is -1.85. The molecule has 0 spiro atoms. The van der Waals surface area contributed by atoms with Crippen molar-refractivity contribution in [1.29, 1.82) is 0 Å². The summed E-state index contributed by atoms with van der Waals surface area (Å²) in [7, 11) is -8.98. The van der Waals surface area contributed by atoms with Crippen molar-refractivity contribution in [2.75, 3.05) is 11.3 Å². The molecule has 0 radical (unpaired) electrons. The van der Waals surface area contributed by atoms with Crippen LogP contribution in [-0.4, -0.2) is 29.6 Å². The SMILES string of the molecule is NS(=O)(=O)c1cc(F)cc(NS(=O)(=O)NCC(F)(F)F)c1. The zero-order chi connectivity index (χ0) is 16.5. The van der Waals surface area contributed by atoms with Gasteiger partial charge in [0, 0.05) is 0 Å². The normalized spacial score (nSPS) is 13.2. The lowest BCUT2D eigenvalue weighted by atomic mass is 10.3. The fourth-order valence-corrected chi connectivity index (χ4v) is 2.58. The highest BCUT2D eigenvalue weighted by Crippen LogP contribution is 2.18. The fraction of sp³-hybridized carbons (Fsp3) is 0.250. The summed E-state index contributed by atoms with van der Waals surface area (Å²) in [6.07, 6.45) is -4.79. The van der Waals surface area contributed by atoms with Crippen molar-refractivity contribution in [1.82, 2.24) is 4.72 Å². The Morgan fingerprint density at radius 3 is 2.14 bits per heavy atom. The van der Waals surface area contributed by atoms with Gasteiger partial charge in [0.2, 0.25) is 10.0 Å². The van der Waals surface area contributed by atoms with Gasteiger partial charge >= 0.3 is 6.18 Å². The number of hydrogen-bond acceptors (Lipinski definition) is 4. The number of sulfonamides is 1. The van der Waals surface area contributed by atoms with E-state index in [1.54, 1.807) is 4.72 Å². The Kier molecular flexibility index (Phi) is 4.82. The zero-order valence-electron chi connectivity index (χ0n) is 9.98. The Bertz CT molecular complexity index is 730. The molecule has 0 unspecified atom stereocenters. The van der Waals surface area contributed by atoms with Crippen molar-refractivity contribution >= 4 is 25.9 Å². The molecule has 0 atom stereocenters. The summed E-state index contributed by atoms with van der Waals surface area (Å²) in [5.74, 6) is -1.14. The van der Waals surface area contributed by atoms with Gasteiger partial charge in [0.25, 0.3) is 10.2 Å². The Hall–Kier alpha value is -1.44. The minimum absolute atomic E-state index is 0.524. The molecule has 0 saturated heterocycles. The smallest absolute Gasteiger partial charge is 0.271 e. The van der Waals surface area contributed by atoms with Gasteiger partial charge in [-0.15, -0.1) is 0 Å². The number of anilines is 1. The van der Waals surface area contributed by atoms with Crippen LogP contribution in [0.1, 0.15) is 0 Å². The highest BCUT2D eigenvalue weighted by Gasteiger charge is 2.29. The first-order chi connectivity index (χ1) is 9.28. The van der Waals surface area contributed by atoms with E-state index in [0.29, 0.717) is 18.2 Å². The third-order valence-electron chi connectivity index (χ3n) is 1.91. The lowest BCUT2D eigenvalue weighted by Crippen LogP contribution is -2.37. The van der Waals surface area contributed by atoms with Gasteiger partial charge in [-0.1, -0.05) is 0 Å². The third kappa shape index (κ3) is 6.24. The van der Waals surface area contributed by atoms with E-state index in [1.807, 2.05) is 0 Å². The van der Waals surface area contributed by atoms with Crippen LogP contribution in [0.5, 0.6) is 0 Å². The fourth-order valence-electron chi connectivity index (χ4n) is 1.15. The maximum atomic E-state index is 13.2. The van der Waals surface area contributed by atoms with Crippen LogP contribution in [0.25, 0.3) is 0 Å². The first kappa shape index (κ1) is 17.6. The monoisotopic (exact) mass is 351 g/mol. The standard InChI is InChI=1S/C8H9F4N3O4S2/c9-5-1-6(3-7(2-5)20(13,16)17)15-21(18,19)14-4-8(10,11)12/h1-3,14-15H,4H2,(H2,13,16,17). The van der Waals surface area contributed by atoms with Gasteiger partial charge in [0.1, 0.15) is 12.4 Å². The van der Waals surface area contributed by atoms with Crippen molar-refractivity contribution in [3.05, 3.63) is 24.0 Å². The molecule has 0 amide bonds. The molecule has 0 aromatic heterocycles. The second-order valence-corrected chi connectivity index (χ2v) is 6.82. The van der Waals surface area contributed by atoms with Gasteiger partial charge in [-0.05, 0) is 18.2 Å². The molecule has 21 heavy (non-hydrogen) atoms. The Balaban J connectivity index is 3.00. The average molecular weight is 351 g/mol. The van der Waals surface area contributed by atoms with Crippen molar-refractivity contribution < 1.29 is 34.4 Å². The molecule has 120 valence electrons. The van der Waals surface area contributed by atoms with Crippen LogP contribution < -0.4 is 14.6 Å². The molecule has 0 aliphatic heterocycles. The molecule has 1 rings (SSSR count).